The zero-order valence-electron chi connectivity index (χ0n) is 22.5. The van der Waals surface area contributed by atoms with Crippen LogP contribution in [0.1, 0.15) is 85.5 Å². The highest BCUT2D eigenvalue weighted by Crippen LogP contribution is 2.44. The molecule has 216 valence electrons. The van der Waals surface area contributed by atoms with Gasteiger partial charge in [0, 0.05) is 31.2 Å². The quantitative estimate of drug-likeness (QED) is 0.381. The van der Waals surface area contributed by atoms with E-state index in [-0.39, 0.29) is 36.0 Å². The van der Waals surface area contributed by atoms with E-state index in [1.54, 1.807) is 17.2 Å². The van der Waals surface area contributed by atoms with Crippen LogP contribution in [-0.4, -0.2) is 74.2 Å². The maximum atomic E-state index is 13.9. The number of ether oxygens (including phenoxy) is 1. The molecule has 2 N–H and O–H groups in total. The Morgan fingerprint density at radius 3 is 2.67 bits per heavy atom. The van der Waals surface area contributed by atoms with Crippen molar-refractivity contribution < 1.29 is 32.1 Å². The highest BCUT2D eigenvalue weighted by Gasteiger charge is 2.49. The molecule has 15 heteroatoms. The molecule has 0 radical (unpaired) electrons. The largest absolute Gasteiger partial charge is 0.394 e. The van der Waals surface area contributed by atoms with Crippen molar-refractivity contribution in [3.05, 3.63) is 41.1 Å². The van der Waals surface area contributed by atoms with E-state index in [0.717, 1.165) is 26.7 Å². The van der Waals surface area contributed by atoms with Gasteiger partial charge in [0.05, 0.1) is 42.2 Å². The van der Waals surface area contributed by atoms with Crippen LogP contribution in [0.4, 0.5) is 18.0 Å². The number of nitrogens with one attached hydrogen (secondary N) is 2. The van der Waals surface area contributed by atoms with Gasteiger partial charge in [-0.1, -0.05) is 19.0 Å². The molecule has 0 aromatic carbocycles. The average Bonchev–Trinajstić information content (AvgIpc) is 3.29. The number of fused-ring (bicyclic) bond motifs is 1. The first-order valence-electron chi connectivity index (χ1n) is 13.0. The van der Waals surface area contributed by atoms with Crippen molar-refractivity contribution in [3.8, 4) is 0 Å². The average molecular weight is 565 g/mol. The predicted octanol–water partition coefficient (Wildman–Crippen LogP) is 3.54. The number of imidazole rings is 1. The summed E-state index contributed by atoms with van der Waals surface area (Å²) in [5.41, 5.74) is -0.610. The first-order chi connectivity index (χ1) is 18.9. The summed E-state index contributed by atoms with van der Waals surface area (Å²) in [5, 5.41) is 17.4. The number of carbonyl (C=O) groups excluding carboxylic acids is 2. The van der Waals surface area contributed by atoms with Gasteiger partial charge in [0.15, 0.2) is 11.3 Å². The number of rotatable bonds is 10. The van der Waals surface area contributed by atoms with Gasteiger partial charge in [-0.2, -0.15) is 18.3 Å². The Labute approximate surface area is 227 Å². The van der Waals surface area contributed by atoms with Crippen LogP contribution in [0, 0.1) is 5.41 Å². The molecule has 1 saturated heterocycles. The van der Waals surface area contributed by atoms with Crippen LogP contribution in [-0.2, 0) is 4.74 Å². The maximum absolute atomic E-state index is 13.9. The smallest absolute Gasteiger partial charge is 0.382 e. The second-order valence-corrected chi connectivity index (χ2v) is 11.1. The van der Waals surface area contributed by atoms with Gasteiger partial charge in [-0.3, -0.25) is 4.79 Å². The topological polar surface area (TPSA) is 140 Å². The third kappa shape index (κ3) is 5.46. The van der Waals surface area contributed by atoms with Crippen LogP contribution in [0.5, 0.6) is 0 Å². The van der Waals surface area contributed by atoms with E-state index < -0.39 is 36.0 Å². The Bertz CT molecular complexity index is 1400. The van der Waals surface area contributed by atoms with Crippen molar-refractivity contribution in [2.45, 2.75) is 70.3 Å². The fourth-order valence-corrected chi connectivity index (χ4v) is 4.83. The van der Waals surface area contributed by atoms with E-state index in [1.807, 2.05) is 6.92 Å². The molecule has 3 aromatic heterocycles. The number of hydrogen-bond acceptors (Lipinski definition) is 8. The molecule has 40 heavy (non-hydrogen) atoms. The summed E-state index contributed by atoms with van der Waals surface area (Å²) in [6, 6.07) is -0.144. The Morgan fingerprint density at radius 2 is 2.05 bits per heavy atom. The summed E-state index contributed by atoms with van der Waals surface area (Å²) < 4.78 is 53.2. The van der Waals surface area contributed by atoms with E-state index >= 15 is 0 Å². The summed E-state index contributed by atoms with van der Waals surface area (Å²) in [6.07, 6.45) is -0.301. The first-order valence-corrected chi connectivity index (χ1v) is 13.0. The number of hydrogen-bond donors (Lipinski definition) is 2. The molecule has 1 aliphatic carbocycles. The molecule has 0 unspecified atom stereocenters. The van der Waals surface area contributed by atoms with Gasteiger partial charge in [-0.05, 0) is 37.4 Å². The second-order valence-electron chi connectivity index (χ2n) is 11.1. The van der Waals surface area contributed by atoms with Gasteiger partial charge < -0.3 is 20.3 Å². The van der Waals surface area contributed by atoms with E-state index in [9.17, 15) is 22.8 Å². The molecule has 1 saturated carbocycles. The Balaban J connectivity index is 1.47. The van der Waals surface area contributed by atoms with Crippen LogP contribution >= 0.6 is 0 Å². The molecular formula is C25H31F3N8O4. The van der Waals surface area contributed by atoms with Crippen molar-refractivity contribution in [1.82, 2.24) is 40.4 Å². The van der Waals surface area contributed by atoms with Crippen LogP contribution in [0.2, 0.25) is 0 Å². The van der Waals surface area contributed by atoms with Crippen LogP contribution in [0.25, 0.3) is 5.65 Å². The minimum absolute atomic E-state index is 0.0386. The Hall–Kier alpha value is -3.75. The number of amides is 3. The van der Waals surface area contributed by atoms with Gasteiger partial charge in [-0.15, -0.1) is 0 Å². The van der Waals surface area contributed by atoms with Crippen LogP contribution in [0.3, 0.4) is 0 Å². The van der Waals surface area contributed by atoms with Gasteiger partial charge in [0.25, 0.3) is 5.91 Å². The lowest BCUT2D eigenvalue weighted by molar-refractivity contribution is -0.215. The van der Waals surface area contributed by atoms with E-state index in [0.29, 0.717) is 23.4 Å². The second kappa shape index (κ2) is 10.3. The summed E-state index contributed by atoms with van der Waals surface area (Å²) in [5.74, 6) is -0.637. The molecule has 5 rings (SSSR count). The lowest BCUT2D eigenvalue weighted by Gasteiger charge is -2.31. The van der Waals surface area contributed by atoms with Crippen LogP contribution < -0.4 is 10.6 Å². The zero-order chi connectivity index (χ0) is 28.8. The summed E-state index contributed by atoms with van der Waals surface area (Å²) in [7, 11) is 1.53. The SMILES string of the molecule is COC[C@H](c1cnn2cc([C@H](CC(C)(C)C(F)(F)F)NC(=O)c3nonc3C3CC3)nc2c1)N1C[C@@H](C)NC1=O. The number of halogens is 3. The van der Waals surface area contributed by atoms with Crippen LogP contribution in [0.15, 0.2) is 23.1 Å². The standard InChI is InChI=1S/C25H31F3N8O4/c1-13-10-35(23(38)30-13)18(12-39-4)15-7-19-31-17(11-36(19)29-9-15)16(8-24(2,3)25(26,27)28)32-22(37)21-20(14-5-6-14)33-40-34-21/h7,9,11,13-14,16,18H,5-6,8,10,12H2,1-4H3,(H,30,38)(H,32,37)/t13-,16+,18-/m1/s1. The molecule has 2 aliphatic rings. The number of methoxy groups -OCH3 is 1. The summed E-state index contributed by atoms with van der Waals surface area (Å²) in [6.45, 7) is 4.72. The maximum Gasteiger partial charge on any atom is 0.394 e. The lowest BCUT2D eigenvalue weighted by atomic mass is 9.84. The van der Waals surface area contributed by atoms with Gasteiger partial charge in [0.2, 0.25) is 0 Å². The number of alkyl halides is 3. The van der Waals surface area contributed by atoms with E-state index in [1.165, 1.54) is 17.8 Å². The van der Waals surface area contributed by atoms with Crippen molar-refractivity contribution in [2.75, 3.05) is 20.3 Å². The Morgan fingerprint density at radius 1 is 1.30 bits per heavy atom. The molecule has 1 aliphatic heterocycles. The molecule has 0 spiro atoms. The first kappa shape index (κ1) is 27.8. The number of carbonyl (C=O) groups is 2. The highest BCUT2D eigenvalue weighted by molar-refractivity contribution is 5.93. The molecule has 0 bridgehead atoms. The summed E-state index contributed by atoms with van der Waals surface area (Å²) >= 11 is 0. The molecule has 4 heterocycles. The molecular weight excluding hydrogens is 533 g/mol. The minimum Gasteiger partial charge on any atom is -0.382 e. The predicted molar refractivity (Wildman–Crippen MR) is 133 cm³/mol. The summed E-state index contributed by atoms with van der Waals surface area (Å²) in [4.78, 5) is 31.8. The normalized spacial score (nSPS) is 19.6. The lowest BCUT2D eigenvalue weighted by Crippen LogP contribution is -2.39. The third-order valence-corrected chi connectivity index (χ3v) is 7.38. The van der Waals surface area contributed by atoms with Gasteiger partial charge in [-0.25, -0.2) is 18.9 Å². The van der Waals surface area contributed by atoms with Crippen molar-refractivity contribution in [2.24, 2.45) is 5.41 Å². The fourth-order valence-electron chi connectivity index (χ4n) is 4.83. The molecule has 3 atom stereocenters. The number of aromatic nitrogens is 5. The fraction of sp³-hybridized carbons (Fsp3) is 0.600. The van der Waals surface area contributed by atoms with E-state index in [4.69, 9.17) is 9.37 Å². The van der Waals surface area contributed by atoms with Gasteiger partial charge in [0.1, 0.15) is 5.69 Å². The minimum atomic E-state index is -4.53. The van der Waals surface area contributed by atoms with Crippen molar-refractivity contribution in [3.63, 3.8) is 0 Å². The number of urea groups is 1. The van der Waals surface area contributed by atoms with Crippen molar-refractivity contribution in [1.29, 1.82) is 0 Å². The van der Waals surface area contributed by atoms with Gasteiger partial charge >= 0.3 is 12.2 Å². The molecule has 2 fully saturated rings. The number of nitrogens with zero attached hydrogens (tertiary/aromatic N) is 6. The van der Waals surface area contributed by atoms with E-state index in [2.05, 4.69) is 31.0 Å². The monoisotopic (exact) mass is 564 g/mol. The molecule has 3 aromatic rings. The molecule has 12 nitrogen and oxygen atoms in total. The molecule has 3 amide bonds. The highest BCUT2D eigenvalue weighted by atomic mass is 19.4. The zero-order valence-corrected chi connectivity index (χ0v) is 22.5. The Kier molecular flexibility index (Phi) is 7.18. The third-order valence-electron chi connectivity index (χ3n) is 7.38. The van der Waals surface area contributed by atoms with Crippen molar-refractivity contribution >= 4 is 17.6 Å².